The second kappa shape index (κ2) is 6.44. The van der Waals surface area contributed by atoms with Crippen molar-refractivity contribution < 1.29 is 19.5 Å². The highest BCUT2D eigenvalue weighted by atomic mass is 127. The van der Waals surface area contributed by atoms with Gasteiger partial charge in [-0.1, -0.05) is 12.1 Å². The zero-order valence-electron chi connectivity index (χ0n) is 12.2. The maximum atomic E-state index is 12.5. The number of halogens is 1. The summed E-state index contributed by atoms with van der Waals surface area (Å²) in [6.45, 7) is 0. The number of amides is 2. The zero-order valence-corrected chi connectivity index (χ0v) is 14.4. The second-order valence-electron chi connectivity index (χ2n) is 5.04. The molecule has 0 atom stereocenters. The van der Waals surface area contributed by atoms with E-state index >= 15 is 0 Å². The van der Waals surface area contributed by atoms with Gasteiger partial charge in [0.05, 0.1) is 11.3 Å². The number of nitrogens with one attached hydrogen (secondary N) is 1. The van der Waals surface area contributed by atoms with E-state index in [0.29, 0.717) is 11.3 Å². The van der Waals surface area contributed by atoms with Gasteiger partial charge in [0.25, 0.3) is 11.8 Å². The molecule has 1 fully saturated rings. The van der Waals surface area contributed by atoms with Crippen LogP contribution in [0.2, 0.25) is 0 Å². The van der Waals surface area contributed by atoms with Gasteiger partial charge in [-0.15, -0.1) is 0 Å². The molecule has 1 aliphatic heterocycles. The molecule has 0 saturated carbocycles. The van der Waals surface area contributed by atoms with Crippen LogP contribution < -0.4 is 10.4 Å². The molecule has 24 heavy (non-hydrogen) atoms. The Bertz CT molecular complexity index is 857. The molecule has 0 bridgehead atoms. The lowest BCUT2D eigenvalue weighted by Crippen LogP contribution is -2.35. The maximum Gasteiger partial charge on any atom is 0.335 e. The smallest absolute Gasteiger partial charge is 0.335 e. The summed E-state index contributed by atoms with van der Waals surface area (Å²) < 4.78 is 1.02. The lowest BCUT2D eigenvalue weighted by Gasteiger charge is -2.14. The number of anilines is 1. The van der Waals surface area contributed by atoms with Crippen molar-refractivity contribution in [3.8, 4) is 0 Å². The Morgan fingerprint density at radius 1 is 1.04 bits per heavy atom. The van der Waals surface area contributed by atoms with Gasteiger partial charge in [0.1, 0.15) is 5.57 Å². The standard InChI is InChI=1S/C17H11IN2O4/c18-12-5-7-13(8-6-12)20-16(22)14(15(21)19-20)9-10-1-3-11(4-2-10)17(23)24/h1-9H,(H,19,21)(H,23,24)/b14-9+. The van der Waals surface area contributed by atoms with Crippen LogP contribution in [0.15, 0.2) is 54.1 Å². The number of rotatable bonds is 3. The van der Waals surface area contributed by atoms with E-state index in [4.69, 9.17) is 5.11 Å². The van der Waals surface area contributed by atoms with E-state index in [9.17, 15) is 14.4 Å². The minimum atomic E-state index is -1.03. The van der Waals surface area contributed by atoms with Gasteiger partial charge >= 0.3 is 5.97 Å². The third-order valence-corrected chi connectivity index (χ3v) is 4.16. The van der Waals surface area contributed by atoms with E-state index in [1.54, 1.807) is 24.3 Å². The topological polar surface area (TPSA) is 86.7 Å². The molecule has 3 rings (SSSR count). The number of nitrogens with zero attached hydrogens (tertiary/aromatic N) is 1. The van der Waals surface area contributed by atoms with Crippen molar-refractivity contribution in [3.05, 3.63) is 68.8 Å². The van der Waals surface area contributed by atoms with Gasteiger partial charge in [-0.05, 0) is 70.6 Å². The Labute approximate surface area is 150 Å². The summed E-state index contributed by atoms with van der Waals surface area (Å²) >= 11 is 2.15. The molecule has 0 spiro atoms. The highest BCUT2D eigenvalue weighted by Gasteiger charge is 2.34. The number of hydrogen-bond acceptors (Lipinski definition) is 3. The molecule has 2 N–H and O–H groups in total. The third kappa shape index (κ3) is 3.16. The van der Waals surface area contributed by atoms with Gasteiger partial charge < -0.3 is 5.11 Å². The molecule has 0 unspecified atom stereocenters. The summed E-state index contributed by atoms with van der Waals surface area (Å²) in [7, 11) is 0. The molecule has 0 aliphatic carbocycles. The van der Waals surface area contributed by atoms with Crippen LogP contribution in [0.3, 0.4) is 0 Å². The van der Waals surface area contributed by atoms with E-state index in [0.717, 1.165) is 3.57 Å². The molecule has 1 saturated heterocycles. The molecule has 6 nitrogen and oxygen atoms in total. The summed E-state index contributed by atoms with van der Waals surface area (Å²) in [5, 5.41) is 10.1. The summed E-state index contributed by atoms with van der Waals surface area (Å²) in [5.74, 6) is -1.99. The summed E-state index contributed by atoms with van der Waals surface area (Å²) in [6.07, 6.45) is 1.44. The Hall–Kier alpha value is -2.68. The molecule has 0 radical (unpaired) electrons. The Morgan fingerprint density at radius 2 is 1.67 bits per heavy atom. The van der Waals surface area contributed by atoms with Crippen LogP contribution in [0.1, 0.15) is 15.9 Å². The predicted molar refractivity (Wildman–Crippen MR) is 96.2 cm³/mol. The molecule has 1 heterocycles. The second-order valence-corrected chi connectivity index (χ2v) is 6.29. The molecule has 7 heteroatoms. The van der Waals surface area contributed by atoms with Gasteiger partial charge in [0.2, 0.25) is 0 Å². The van der Waals surface area contributed by atoms with E-state index in [1.807, 2.05) is 12.1 Å². The number of benzene rings is 2. The van der Waals surface area contributed by atoms with Crippen LogP contribution in [0, 0.1) is 3.57 Å². The number of hydrazine groups is 1. The van der Waals surface area contributed by atoms with Crippen molar-refractivity contribution in [2.75, 3.05) is 5.01 Å². The Morgan fingerprint density at radius 3 is 2.25 bits per heavy atom. The van der Waals surface area contributed by atoms with Gasteiger partial charge in [-0.2, -0.15) is 0 Å². The van der Waals surface area contributed by atoms with Crippen molar-refractivity contribution in [1.82, 2.24) is 5.43 Å². The Kier molecular flexibility index (Phi) is 4.34. The fourth-order valence-corrected chi connectivity index (χ4v) is 2.58. The van der Waals surface area contributed by atoms with Crippen molar-refractivity contribution in [1.29, 1.82) is 0 Å². The first-order valence-electron chi connectivity index (χ1n) is 6.92. The van der Waals surface area contributed by atoms with Crippen molar-refractivity contribution in [2.24, 2.45) is 0 Å². The van der Waals surface area contributed by atoms with E-state index < -0.39 is 17.8 Å². The minimum absolute atomic E-state index is 0.00312. The SMILES string of the molecule is O=C1NN(c2ccc(I)cc2)C(=O)/C1=C/c1ccc(C(=O)O)cc1. The van der Waals surface area contributed by atoms with Gasteiger partial charge in [-0.25, -0.2) is 9.80 Å². The van der Waals surface area contributed by atoms with Crippen LogP contribution in [-0.4, -0.2) is 22.9 Å². The van der Waals surface area contributed by atoms with Crippen LogP contribution in [0.25, 0.3) is 6.08 Å². The van der Waals surface area contributed by atoms with Gasteiger partial charge in [-0.3, -0.25) is 15.0 Å². The molecule has 2 aromatic rings. The zero-order chi connectivity index (χ0) is 17.3. The van der Waals surface area contributed by atoms with Gasteiger partial charge in [0.15, 0.2) is 0 Å². The van der Waals surface area contributed by atoms with Crippen molar-refractivity contribution in [3.63, 3.8) is 0 Å². The molecular weight excluding hydrogens is 423 g/mol. The molecule has 120 valence electrons. The molecule has 2 amide bonds. The molecule has 2 aromatic carbocycles. The number of hydrogen-bond donors (Lipinski definition) is 2. The first-order chi connectivity index (χ1) is 11.5. The quantitative estimate of drug-likeness (QED) is 0.442. The fourth-order valence-electron chi connectivity index (χ4n) is 2.22. The predicted octanol–water partition coefficient (Wildman–Crippen LogP) is 2.45. The van der Waals surface area contributed by atoms with Gasteiger partial charge in [0, 0.05) is 3.57 Å². The lowest BCUT2D eigenvalue weighted by atomic mass is 10.1. The van der Waals surface area contributed by atoms with E-state index in [2.05, 4.69) is 28.0 Å². The first-order valence-corrected chi connectivity index (χ1v) is 7.99. The number of carboxylic acid groups (broad SMARTS) is 1. The highest BCUT2D eigenvalue weighted by molar-refractivity contribution is 14.1. The molecule has 0 aromatic heterocycles. The number of carbonyl (C=O) groups is 3. The van der Waals surface area contributed by atoms with Crippen LogP contribution in [-0.2, 0) is 9.59 Å². The first kappa shape index (κ1) is 16.2. The number of carboxylic acids is 1. The molecular formula is C17H11IN2O4. The van der Waals surface area contributed by atoms with E-state index in [1.165, 1.54) is 23.2 Å². The highest BCUT2D eigenvalue weighted by Crippen LogP contribution is 2.22. The monoisotopic (exact) mass is 434 g/mol. The summed E-state index contributed by atoms with van der Waals surface area (Å²) in [5.41, 5.74) is 3.80. The fraction of sp³-hybridized carbons (Fsp3) is 0. The summed E-state index contributed by atoms with van der Waals surface area (Å²) in [4.78, 5) is 35.4. The normalized spacial score (nSPS) is 15.7. The van der Waals surface area contributed by atoms with Crippen molar-refractivity contribution >= 4 is 52.1 Å². The number of carbonyl (C=O) groups excluding carboxylic acids is 2. The van der Waals surface area contributed by atoms with Crippen LogP contribution >= 0.6 is 22.6 Å². The van der Waals surface area contributed by atoms with E-state index in [-0.39, 0.29) is 11.1 Å². The Balaban J connectivity index is 1.88. The van der Waals surface area contributed by atoms with Crippen LogP contribution in [0.4, 0.5) is 5.69 Å². The molecule has 1 aliphatic rings. The number of aromatic carboxylic acids is 1. The largest absolute Gasteiger partial charge is 0.478 e. The third-order valence-electron chi connectivity index (χ3n) is 3.44. The minimum Gasteiger partial charge on any atom is -0.478 e. The average Bonchev–Trinajstić information content (AvgIpc) is 2.84. The van der Waals surface area contributed by atoms with Crippen LogP contribution in [0.5, 0.6) is 0 Å². The maximum absolute atomic E-state index is 12.5. The lowest BCUT2D eigenvalue weighted by molar-refractivity contribution is -0.117. The average molecular weight is 434 g/mol. The van der Waals surface area contributed by atoms with Crippen molar-refractivity contribution in [2.45, 2.75) is 0 Å². The summed E-state index contributed by atoms with van der Waals surface area (Å²) in [6, 6.07) is 13.1.